The number of nitrogens with zero attached hydrogens (tertiary/aromatic N) is 3. The number of hydrogen-bond donors (Lipinski definition) is 0. The SMILES string of the molecule is c1ccc(-c2ccc(N(c3ccc4c(c3)oc3cc(-c5cccc6c7cccc8c9ccccc9n(c56)c87)ccc34)c3cccc4c5ccccc5n(-c5ccccc5)c34)cc2)cc1. The molecule has 4 heteroatoms. The molecule has 0 saturated carbocycles. The predicted octanol–water partition coefficient (Wildman–Crippen LogP) is 16.6. The third kappa shape index (κ3) is 4.99. The van der Waals surface area contributed by atoms with Gasteiger partial charge >= 0.3 is 0 Å². The zero-order chi connectivity index (χ0) is 41.9. The van der Waals surface area contributed by atoms with Crippen LogP contribution < -0.4 is 4.90 Å². The second-order valence-corrected chi connectivity index (χ2v) is 16.9. The third-order valence-corrected chi connectivity index (χ3v) is 13.4. The highest BCUT2D eigenvalue weighted by Crippen LogP contribution is 2.46. The van der Waals surface area contributed by atoms with E-state index >= 15 is 0 Å². The molecule has 0 aliphatic carbocycles. The molecule has 0 fully saturated rings. The minimum atomic E-state index is 0.843. The summed E-state index contributed by atoms with van der Waals surface area (Å²) in [5, 5.41) is 9.71. The molecule has 4 aromatic heterocycles. The summed E-state index contributed by atoms with van der Waals surface area (Å²) < 4.78 is 11.8. The Hall–Kier alpha value is -8.60. The lowest BCUT2D eigenvalue weighted by Crippen LogP contribution is -2.11. The van der Waals surface area contributed by atoms with E-state index in [4.69, 9.17) is 4.42 Å². The van der Waals surface area contributed by atoms with Crippen molar-refractivity contribution in [3.63, 3.8) is 0 Å². The zero-order valence-electron chi connectivity index (χ0n) is 34.6. The first-order valence-corrected chi connectivity index (χ1v) is 21.9. The Morgan fingerprint density at radius 1 is 0.328 bits per heavy atom. The van der Waals surface area contributed by atoms with Crippen molar-refractivity contribution in [3.8, 4) is 27.9 Å². The molecular weight excluding hydrogens is 779 g/mol. The first kappa shape index (κ1) is 35.0. The van der Waals surface area contributed by atoms with Gasteiger partial charge in [-0.05, 0) is 83.4 Å². The Labute approximate surface area is 368 Å². The summed E-state index contributed by atoms with van der Waals surface area (Å²) in [5.41, 5.74) is 16.7. The average Bonchev–Trinajstić information content (AvgIpc) is 4.11. The fourth-order valence-electron chi connectivity index (χ4n) is 10.7. The summed E-state index contributed by atoms with van der Waals surface area (Å²) in [5.74, 6) is 0. The number of benzene rings is 10. The molecule has 0 spiro atoms. The lowest BCUT2D eigenvalue weighted by Gasteiger charge is -2.27. The van der Waals surface area contributed by atoms with Crippen LogP contribution in [0.2, 0.25) is 0 Å². The van der Waals surface area contributed by atoms with Gasteiger partial charge in [0, 0.05) is 71.8 Å². The molecule has 14 aromatic rings. The van der Waals surface area contributed by atoms with E-state index in [2.05, 4.69) is 238 Å². The molecule has 14 rings (SSSR count). The molecule has 0 unspecified atom stereocenters. The van der Waals surface area contributed by atoms with E-state index < -0.39 is 0 Å². The number of furan rings is 1. The number of rotatable bonds is 6. The predicted molar refractivity (Wildman–Crippen MR) is 268 cm³/mol. The van der Waals surface area contributed by atoms with Crippen LogP contribution in [-0.4, -0.2) is 8.97 Å². The lowest BCUT2D eigenvalue weighted by molar-refractivity contribution is 0.669. The van der Waals surface area contributed by atoms with Crippen molar-refractivity contribution in [2.45, 2.75) is 0 Å². The van der Waals surface area contributed by atoms with Gasteiger partial charge in [0.15, 0.2) is 0 Å². The van der Waals surface area contributed by atoms with Crippen LogP contribution in [0.25, 0.3) is 110 Å². The molecule has 64 heavy (non-hydrogen) atoms. The van der Waals surface area contributed by atoms with Crippen LogP contribution in [0, 0.1) is 0 Å². The minimum Gasteiger partial charge on any atom is -0.456 e. The number of fused-ring (bicyclic) bond motifs is 12. The number of anilines is 3. The van der Waals surface area contributed by atoms with Crippen LogP contribution in [-0.2, 0) is 0 Å². The molecular formula is C60H37N3O. The molecule has 0 saturated heterocycles. The molecule has 10 aromatic carbocycles. The molecule has 0 amide bonds. The second-order valence-electron chi connectivity index (χ2n) is 16.9. The minimum absolute atomic E-state index is 0.843. The maximum absolute atomic E-state index is 6.94. The van der Waals surface area contributed by atoms with Crippen molar-refractivity contribution in [2.75, 3.05) is 4.90 Å². The fraction of sp³-hybridized carbons (Fsp3) is 0. The smallest absolute Gasteiger partial charge is 0.137 e. The van der Waals surface area contributed by atoms with E-state index in [0.29, 0.717) is 0 Å². The monoisotopic (exact) mass is 815 g/mol. The lowest BCUT2D eigenvalue weighted by atomic mass is 10.00. The van der Waals surface area contributed by atoms with Gasteiger partial charge in [0.1, 0.15) is 11.2 Å². The summed E-state index contributed by atoms with van der Waals surface area (Å²) in [6.45, 7) is 0. The Bertz CT molecular complexity index is 4120. The van der Waals surface area contributed by atoms with Crippen LogP contribution in [0.15, 0.2) is 229 Å². The highest BCUT2D eigenvalue weighted by atomic mass is 16.3. The van der Waals surface area contributed by atoms with Gasteiger partial charge in [-0.2, -0.15) is 0 Å². The number of hydrogen-bond acceptors (Lipinski definition) is 2. The van der Waals surface area contributed by atoms with Crippen LogP contribution in [0.3, 0.4) is 0 Å². The van der Waals surface area contributed by atoms with E-state index in [1.807, 2.05) is 0 Å². The van der Waals surface area contributed by atoms with Gasteiger partial charge in [0.05, 0.1) is 33.3 Å². The average molecular weight is 816 g/mol. The van der Waals surface area contributed by atoms with Crippen LogP contribution in [0.5, 0.6) is 0 Å². The molecule has 298 valence electrons. The summed E-state index contributed by atoms with van der Waals surface area (Å²) in [6, 6.07) is 81.2. The van der Waals surface area contributed by atoms with Crippen molar-refractivity contribution in [3.05, 3.63) is 224 Å². The largest absolute Gasteiger partial charge is 0.456 e. The fourth-order valence-corrected chi connectivity index (χ4v) is 10.7. The molecule has 4 heterocycles. The number of para-hydroxylation sites is 6. The summed E-state index contributed by atoms with van der Waals surface area (Å²) in [6.07, 6.45) is 0. The quantitative estimate of drug-likeness (QED) is 0.167. The summed E-state index contributed by atoms with van der Waals surface area (Å²) >= 11 is 0. The molecule has 0 aliphatic rings. The van der Waals surface area contributed by atoms with E-state index in [9.17, 15) is 0 Å². The maximum Gasteiger partial charge on any atom is 0.137 e. The first-order valence-electron chi connectivity index (χ1n) is 21.9. The molecule has 4 nitrogen and oxygen atoms in total. The topological polar surface area (TPSA) is 25.7 Å². The van der Waals surface area contributed by atoms with Gasteiger partial charge in [0.25, 0.3) is 0 Å². The van der Waals surface area contributed by atoms with E-state index in [0.717, 1.165) is 55.8 Å². The second kappa shape index (κ2) is 13.4. The zero-order valence-corrected chi connectivity index (χ0v) is 34.6. The summed E-state index contributed by atoms with van der Waals surface area (Å²) in [4.78, 5) is 2.39. The van der Waals surface area contributed by atoms with E-state index in [-0.39, 0.29) is 0 Å². The van der Waals surface area contributed by atoms with Gasteiger partial charge in [0.2, 0.25) is 0 Å². The Kier molecular flexibility index (Phi) is 7.36. The third-order valence-electron chi connectivity index (χ3n) is 13.4. The highest BCUT2D eigenvalue weighted by Gasteiger charge is 2.24. The van der Waals surface area contributed by atoms with Crippen molar-refractivity contribution >= 4 is 98.9 Å². The van der Waals surface area contributed by atoms with Crippen molar-refractivity contribution in [1.82, 2.24) is 8.97 Å². The van der Waals surface area contributed by atoms with E-state index in [1.54, 1.807) is 0 Å². The molecule has 0 radical (unpaired) electrons. The van der Waals surface area contributed by atoms with Crippen molar-refractivity contribution in [2.24, 2.45) is 0 Å². The molecule has 0 aliphatic heterocycles. The van der Waals surface area contributed by atoms with Crippen LogP contribution >= 0.6 is 0 Å². The maximum atomic E-state index is 6.94. The van der Waals surface area contributed by atoms with Crippen LogP contribution in [0.1, 0.15) is 0 Å². The molecule has 0 bridgehead atoms. The van der Waals surface area contributed by atoms with Crippen molar-refractivity contribution < 1.29 is 4.42 Å². The van der Waals surface area contributed by atoms with Gasteiger partial charge in [-0.1, -0.05) is 152 Å². The Morgan fingerprint density at radius 2 is 0.859 bits per heavy atom. The Morgan fingerprint density at radius 3 is 1.64 bits per heavy atom. The normalized spacial score (nSPS) is 12.1. The Balaban J connectivity index is 0.969. The summed E-state index contributed by atoms with van der Waals surface area (Å²) in [7, 11) is 0. The van der Waals surface area contributed by atoms with Gasteiger partial charge in [-0.3, -0.25) is 0 Å². The van der Waals surface area contributed by atoms with Crippen molar-refractivity contribution in [1.29, 1.82) is 0 Å². The van der Waals surface area contributed by atoms with Gasteiger partial charge in [-0.15, -0.1) is 0 Å². The van der Waals surface area contributed by atoms with Gasteiger partial charge in [-0.25, -0.2) is 0 Å². The molecule has 0 atom stereocenters. The molecule has 0 N–H and O–H groups in total. The highest BCUT2D eigenvalue weighted by molar-refractivity contribution is 6.25. The van der Waals surface area contributed by atoms with E-state index in [1.165, 1.54) is 71.1 Å². The first-order chi connectivity index (χ1) is 31.8. The standard InChI is InChI=1S/C60H37N3O/c1-3-14-38(15-4-1)39-28-31-42(32-29-39)61(55-27-13-24-50-46-19-7-9-25-53(46)62(60(50)55)41-16-5-2-6-17-41)43-33-35-48-47-34-30-40(36-56(47)64-57(48)37-43)44-20-11-22-51-52-23-12-21-49-45-18-8-10-26-54(45)63(58(44)51)59(49)52/h1-37H. The van der Waals surface area contributed by atoms with Crippen LogP contribution in [0.4, 0.5) is 17.1 Å². The van der Waals surface area contributed by atoms with Gasteiger partial charge < -0.3 is 18.3 Å². The number of aromatic nitrogens is 2.